The Hall–Kier alpha value is -1.05. The van der Waals surface area contributed by atoms with Crippen LogP contribution < -0.4 is 5.73 Å². The normalized spacial score (nSPS) is 18.5. The van der Waals surface area contributed by atoms with E-state index in [1.807, 2.05) is 6.08 Å². The number of hydrogen-bond acceptors (Lipinski definition) is 2. The van der Waals surface area contributed by atoms with Crippen LogP contribution in [0.1, 0.15) is 0 Å². The summed E-state index contributed by atoms with van der Waals surface area (Å²) in [6, 6.07) is 0. The molecule has 1 heterocycles. The van der Waals surface area contributed by atoms with E-state index in [9.17, 15) is 0 Å². The van der Waals surface area contributed by atoms with E-state index in [-0.39, 0.29) is 0 Å². The van der Waals surface area contributed by atoms with Crippen LogP contribution in [0.3, 0.4) is 0 Å². The average Bonchev–Trinajstić information content (AvgIpc) is 1.77. The van der Waals surface area contributed by atoms with Gasteiger partial charge >= 0.3 is 0 Å². The molecular formula is C6H8N2. The van der Waals surface area contributed by atoms with Crippen LogP contribution in [0.25, 0.3) is 0 Å². The van der Waals surface area contributed by atoms with Crippen LogP contribution in [0.4, 0.5) is 0 Å². The highest BCUT2D eigenvalue weighted by Gasteiger charge is 1.93. The number of aliphatic imine (C=N–C) groups is 1. The first-order valence-electron chi connectivity index (χ1n) is 2.45. The monoisotopic (exact) mass is 108 g/mol. The van der Waals surface area contributed by atoms with E-state index in [1.165, 1.54) is 0 Å². The molecule has 0 bridgehead atoms. The molecule has 2 nitrogen and oxygen atoms in total. The molecule has 0 amide bonds. The highest BCUT2D eigenvalue weighted by molar-refractivity contribution is 5.92. The van der Waals surface area contributed by atoms with Crippen molar-refractivity contribution in [2.75, 3.05) is 6.54 Å². The molecule has 2 N–H and O–H groups in total. The van der Waals surface area contributed by atoms with E-state index in [2.05, 4.69) is 11.6 Å². The summed E-state index contributed by atoms with van der Waals surface area (Å²) in [6.07, 6.45) is 3.63. The molecular weight excluding hydrogens is 100 g/mol. The predicted molar refractivity (Wildman–Crippen MR) is 34.8 cm³/mol. The number of rotatable bonds is 0. The molecule has 0 fully saturated rings. The molecule has 1 rings (SSSR count). The van der Waals surface area contributed by atoms with Gasteiger partial charge in [-0.25, -0.2) is 0 Å². The Morgan fingerprint density at radius 2 is 2.38 bits per heavy atom. The van der Waals surface area contributed by atoms with Crippen molar-refractivity contribution in [2.24, 2.45) is 10.7 Å². The lowest BCUT2D eigenvalue weighted by Gasteiger charge is -2.00. The Bertz CT molecular complexity index is 163. The Labute approximate surface area is 48.4 Å². The van der Waals surface area contributed by atoms with Gasteiger partial charge in [-0.15, -0.1) is 0 Å². The Balaban J connectivity index is 2.71. The van der Waals surface area contributed by atoms with Gasteiger partial charge in [-0.1, -0.05) is 12.7 Å². The fourth-order valence-corrected chi connectivity index (χ4v) is 0.501. The minimum atomic E-state index is 0.595. The van der Waals surface area contributed by atoms with Crippen molar-refractivity contribution >= 4 is 5.84 Å². The molecule has 0 saturated carbocycles. The van der Waals surface area contributed by atoms with Crippen molar-refractivity contribution in [1.29, 1.82) is 0 Å². The summed E-state index contributed by atoms with van der Waals surface area (Å²) in [7, 11) is 0. The third-order valence-electron chi connectivity index (χ3n) is 0.955. The molecule has 0 unspecified atom stereocenters. The first-order chi connectivity index (χ1) is 3.79. The van der Waals surface area contributed by atoms with E-state index in [0.29, 0.717) is 12.4 Å². The van der Waals surface area contributed by atoms with Crippen LogP contribution in [0.5, 0.6) is 0 Å². The second kappa shape index (κ2) is 1.82. The van der Waals surface area contributed by atoms with E-state index < -0.39 is 0 Å². The molecule has 2 heteroatoms. The molecule has 0 radical (unpaired) electrons. The van der Waals surface area contributed by atoms with Crippen LogP contribution in [0, 0.1) is 0 Å². The molecule has 42 valence electrons. The number of amidine groups is 1. The lowest BCUT2D eigenvalue weighted by molar-refractivity contribution is 1.16. The van der Waals surface area contributed by atoms with Crippen molar-refractivity contribution in [3.8, 4) is 0 Å². The van der Waals surface area contributed by atoms with Crippen LogP contribution >= 0.6 is 0 Å². The van der Waals surface area contributed by atoms with Crippen molar-refractivity contribution in [1.82, 2.24) is 0 Å². The van der Waals surface area contributed by atoms with Crippen molar-refractivity contribution < 1.29 is 0 Å². The highest BCUT2D eigenvalue weighted by Crippen LogP contribution is 1.98. The largest absolute Gasteiger partial charge is 0.384 e. The van der Waals surface area contributed by atoms with Gasteiger partial charge in [0, 0.05) is 0 Å². The zero-order chi connectivity index (χ0) is 5.98. The Morgan fingerprint density at radius 3 is 2.75 bits per heavy atom. The molecule has 0 aromatic carbocycles. The van der Waals surface area contributed by atoms with Gasteiger partial charge in [0.2, 0.25) is 0 Å². The van der Waals surface area contributed by atoms with Crippen molar-refractivity contribution in [3.63, 3.8) is 0 Å². The Kier molecular flexibility index (Phi) is 1.16. The first-order valence-corrected chi connectivity index (χ1v) is 2.45. The summed E-state index contributed by atoms with van der Waals surface area (Å²) < 4.78 is 0. The number of nitrogens with two attached hydrogens (primary N) is 1. The second-order valence-electron chi connectivity index (χ2n) is 1.73. The average molecular weight is 108 g/mol. The minimum Gasteiger partial charge on any atom is -0.384 e. The summed E-state index contributed by atoms with van der Waals surface area (Å²) in [5, 5.41) is 0. The fourth-order valence-electron chi connectivity index (χ4n) is 0.501. The van der Waals surface area contributed by atoms with Crippen LogP contribution in [0.2, 0.25) is 0 Å². The molecule has 0 aromatic heterocycles. The molecule has 1 aliphatic heterocycles. The quantitative estimate of drug-likeness (QED) is 0.481. The van der Waals surface area contributed by atoms with Gasteiger partial charge in [-0.3, -0.25) is 4.99 Å². The summed E-state index contributed by atoms with van der Waals surface area (Å²) in [4.78, 5) is 3.92. The number of nitrogens with zero attached hydrogens (tertiary/aromatic N) is 1. The molecule has 0 aromatic rings. The molecule has 0 saturated heterocycles. The van der Waals surface area contributed by atoms with E-state index in [4.69, 9.17) is 5.73 Å². The SMILES string of the molecule is C=C1C=CC(N)=NC1. The first kappa shape index (κ1) is 5.09. The zero-order valence-corrected chi connectivity index (χ0v) is 4.59. The van der Waals surface area contributed by atoms with Gasteiger partial charge in [0.15, 0.2) is 0 Å². The minimum absolute atomic E-state index is 0.595. The smallest absolute Gasteiger partial charge is 0.118 e. The van der Waals surface area contributed by atoms with E-state index in [1.54, 1.807) is 6.08 Å². The molecule has 0 spiro atoms. The van der Waals surface area contributed by atoms with Gasteiger partial charge < -0.3 is 5.73 Å². The zero-order valence-electron chi connectivity index (χ0n) is 4.59. The van der Waals surface area contributed by atoms with Gasteiger partial charge in [-0.2, -0.15) is 0 Å². The highest BCUT2D eigenvalue weighted by atomic mass is 14.8. The Morgan fingerprint density at radius 1 is 1.62 bits per heavy atom. The van der Waals surface area contributed by atoms with Crippen molar-refractivity contribution in [2.45, 2.75) is 0 Å². The third kappa shape index (κ3) is 0.964. The number of dihydropyridines is 1. The predicted octanol–water partition coefficient (Wildman–Crippen LogP) is 0.470. The van der Waals surface area contributed by atoms with Gasteiger partial charge in [0.05, 0.1) is 6.54 Å². The number of hydrogen-bond donors (Lipinski definition) is 1. The summed E-state index contributed by atoms with van der Waals surface area (Å²) in [6.45, 7) is 4.35. The van der Waals surface area contributed by atoms with Crippen LogP contribution in [-0.4, -0.2) is 12.4 Å². The maximum absolute atomic E-state index is 5.32. The van der Waals surface area contributed by atoms with Gasteiger partial charge in [-0.05, 0) is 11.6 Å². The third-order valence-corrected chi connectivity index (χ3v) is 0.955. The lowest BCUT2D eigenvalue weighted by Crippen LogP contribution is -2.11. The lowest BCUT2D eigenvalue weighted by atomic mass is 10.2. The maximum atomic E-state index is 5.32. The molecule has 1 aliphatic rings. The fraction of sp³-hybridized carbons (Fsp3) is 0.167. The topological polar surface area (TPSA) is 38.4 Å². The van der Waals surface area contributed by atoms with Gasteiger partial charge in [0.25, 0.3) is 0 Å². The van der Waals surface area contributed by atoms with Crippen molar-refractivity contribution in [3.05, 3.63) is 24.3 Å². The molecule has 8 heavy (non-hydrogen) atoms. The summed E-state index contributed by atoms with van der Waals surface area (Å²) in [5.74, 6) is 0.595. The summed E-state index contributed by atoms with van der Waals surface area (Å²) in [5.41, 5.74) is 6.33. The maximum Gasteiger partial charge on any atom is 0.118 e. The standard InChI is InChI=1S/C6H8N2/c1-5-2-3-6(7)8-4-5/h2-3H,1,4H2,(H2,7,8). The van der Waals surface area contributed by atoms with Crippen LogP contribution in [-0.2, 0) is 0 Å². The van der Waals surface area contributed by atoms with E-state index >= 15 is 0 Å². The summed E-state index contributed by atoms with van der Waals surface area (Å²) >= 11 is 0. The van der Waals surface area contributed by atoms with E-state index in [0.717, 1.165) is 5.57 Å². The van der Waals surface area contributed by atoms with Crippen LogP contribution in [0.15, 0.2) is 29.3 Å². The molecule has 0 aliphatic carbocycles. The second-order valence-corrected chi connectivity index (χ2v) is 1.73. The van der Waals surface area contributed by atoms with Gasteiger partial charge in [0.1, 0.15) is 5.84 Å². The molecule has 0 atom stereocenters.